The third kappa shape index (κ3) is 4.44. The second kappa shape index (κ2) is 6.58. The van der Waals surface area contributed by atoms with Gasteiger partial charge in [0.1, 0.15) is 0 Å². The van der Waals surface area contributed by atoms with Gasteiger partial charge in [-0.3, -0.25) is 10.3 Å². The van der Waals surface area contributed by atoms with Crippen LogP contribution >= 0.6 is 12.2 Å². The fraction of sp³-hybridized carbons (Fsp3) is 0.778. The van der Waals surface area contributed by atoms with Crippen molar-refractivity contribution in [2.45, 2.75) is 13.3 Å². The normalized spacial score (nSPS) is 15.9. The predicted octanol–water partition coefficient (Wildman–Crippen LogP) is -0.782. The van der Waals surface area contributed by atoms with Crippen LogP contribution < -0.4 is 16.4 Å². The van der Waals surface area contributed by atoms with Crippen LogP contribution in [0, 0.1) is 0 Å². The Labute approximate surface area is 95.7 Å². The molecule has 15 heavy (non-hydrogen) atoms. The van der Waals surface area contributed by atoms with Crippen LogP contribution in [-0.4, -0.2) is 48.5 Å². The van der Waals surface area contributed by atoms with Crippen molar-refractivity contribution in [3.8, 4) is 0 Å². The summed E-state index contributed by atoms with van der Waals surface area (Å²) in [5.74, 6) is 0.604. The van der Waals surface area contributed by atoms with Gasteiger partial charge in [-0.25, -0.2) is 5.32 Å². The smallest absolute Gasteiger partial charge is 0.350 e. The maximum Gasteiger partial charge on any atom is 0.350 e. The molecule has 6 heteroatoms. The second-order valence-corrected chi connectivity index (χ2v) is 3.77. The lowest BCUT2D eigenvalue weighted by Crippen LogP contribution is -2.50. The number of ether oxygens (including phenoxy) is 1. The van der Waals surface area contributed by atoms with E-state index in [9.17, 15) is 0 Å². The minimum absolute atomic E-state index is 0.584. The summed E-state index contributed by atoms with van der Waals surface area (Å²) in [5.41, 5.74) is 5.87. The molecule has 0 unspecified atom stereocenters. The number of guanidine groups is 1. The third-order valence-electron chi connectivity index (χ3n) is 2.13. The first-order valence-corrected chi connectivity index (χ1v) is 5.65. The molecule has 1 fully saturated rings. The molecule has 0 spiro atoms. The van der Waals surface area contributed by atoms with Gasteiger partial charge in [0, 0.05) is 6.54 Å². The standard InChI is InChI=1S/C9H18N4OS/c1-2-3-11-9(15)12-8(10)13-4-6-14-7-5-13/h2-7H2,1H3,(H3,10,11,12,15)/p+1. The molecule has 0 aromatic heterocycles. The predicted molar refractivity (Wildman–Crippen MR) is 64.0 cm³/mol. The van der Waals surface area contributed by atoms with Crippen molar-refractivity contribution in [2.24, 2.45) is 5.73 Å². The number of hydrogen-bond donors (Lipinski definition) is 3. The van der Waals surface area contributed by atoms with Crippen molar-refractivity contribution >= 4 is 23.3 Å². The Bertz CT molecular complexity index is 246. The molecule has 1 saturated heterocycles. The molecule has 0 amide bonds. The van der Waals surface area contributed by atoms with E-state index in [2.05, 4.69) is 17.6 Å². The van der Waals surface area contributed by atoms with E-state index in [0.29, 0.717) is 11.1 Å². The van der Waals surface area contributed by atoms with Gasteiger partial charge in [0.25, 0.3) is 0 Å². The van der Waals surface area contributed by atoms with E-state index >= 15 is 0 Å². The first-order valence-electron chi connectivity index (χ1n) is 5.24. The lowest BCUT2D eigenvalue weighted by molar-refractivity contribution is -0.551. The van der Waals surface area contributed by atoms with Gasteiger partial charge in [-0.05, 0) is 18.6 Å². The molecule has 1 heterocycles. The van der Waals surface area contributed by atoms with Crippen LogP contribution in [0.1, 0.15) is 13.3 Å². The van der Waals surface area contributed by atoms with E-state index in [0.717, 1.165) is 39.3 Å². The highest BCUT2D eigenvalue weighted by molar-refractivity contribution is 7.80. The number of rotatable bonds is 2. The molecule has 0 saturated carbocycles. The Morgan fingerprint density at radius 3 is 2.73 bits per heavy atom. The van der Waals surface area contributed by atoms with Crippen molar-refractivity contribution in [3.63, 3.8) is 0 Å². The Balaban J connectivity index is 2.38. The first kappa shape index (κ1) is 12.2. The zero-order chi connectivity index (χ0) is 11.1. The Morgan fingerprint density at radius 2 is 2.13 bits per heavy atom. The molecule has 0 aliphatic carbocycles. The summed E-state index contributed by atoms with van der Waals surface area (Å²) in [6, 6.07) is 0. The van der Waals surface area contributed by atoms with Gasteiger partial charge >= 0.3 is 5.96 Å². The first-order chi connectivity index (χ1) is 7.24. The highest BCUT2D eigenvalue weighted by Crippen LogP contribution is 1.88. The van der Waals surface area contributed by atoms with Crippen LogP contribution in [-0.2, 0) is 4.74 Å². The van der Waals surface area contributed by atoms with E-state index in [1.807, 2.05) is 4.58 Å². The van der Waals surface area contributed by atoms with Crippen LogP contribution in [0.2, 0.25) is 0 Å². The average Bonchev–Trinajstić information content (AvgIpc) is 2.27. The van der Waals surface area contributed by atoms with Gasteiger partial charge in [0.05, 0.1) is 26.3 Å². The minimum atomic E-state index is 0.584. The van der Waals surface area contributed by atoms with Gasteiger partial charge in [0.15, 0.2) is 0 Å². The van der Waals surface area contributed by atoms with Gasteiger partial charge in [-0.15, -0.1) is 0 Å². The molecule has 5 nitrogen and oxygen atoms in total. The van der Waals surface area contributed by atoms with Crippen LogP contribution in [0.15, 0.2) is 0 Å². The van der Waals surface area contributed by atoms with Crippen LogP contribution in [0.4, 0.5) is 0 Å². The highest BCUT2D eigenvalue weighted by atomic mass is 32.1. The lowest BCUT2D eigenvalue weighted by atomic mass is 10.5. The molecule has 0 atom stereocenters. The zero-order valence-electron chi connectivity index (χ0n) is 9.08. The molecule has 0 aromatic carbocycles. The lowest BCUT2D eigenvalue weighted by Gasteiger charge is -2.16. The summed E-state index contributed by atoms with van der Waals surface area (Å²) in [6.07, 6.45) is 1.04. The number of hydrogen-bond acceptors (Lipinski definition) is 2. The SMILES string of the molecule is CCCNC(=S)NC(N)=[N+]1CCOCC1. The van der Waals surface area contributed by atoms with Gasteiger partial charge < -0.3 is 10.1 Å². The van der Waals surface area contributed by atoms with Crippen molar-refractivity contribution < 1.29 is 9.31 Å². The topological polar surface area (TPSA) is 62.3 Å². The summed E-state index contributed by atoms with van der Waals surface area (Å²) in [4.78, 5) is 0. The molecular weight excluding hydrogens is 212 g/mol. The summed E-state index contributed by atoms with van der Waals surface area (Å²) in [6.45, 7) is 6.02. The summed E-state index contributed by atoms with van der Waals surface area (Å²) >= 11 is 5.08. The van der Waals surface area contributed by atoms with Crippen LogP contribution in [0.5, 0.6) is 0 Å². The molecule has 1 aliphatic heterocycles. The van der Waals surface area contributed by atoms with Crippen molar-refractivity contribution in [1.82, 2.24) is 10.6 Å². The summed E-state index contributed by atoms with van der Waals surface area (Å²) < 4.78 is 7.26. The molecule has 1 aliphatic rings. The van der Waals surface area contributed by atoms with Crippen molar-refractivity contribution in [1.29, 1.82) is 0 Å². The van der Waals surface area contributed by atoms with Gasteiger partial charge in [0.2, 0.25) is 5.11 Å². The molecular formula is C9H19N4OS+. The minimum Gasteiger partial charge on any atom is -0.375 e. The number of nitrogens with zero attached hydrogens (tertiary/aromatic N) is 1. The number of nitrogens with one attached hydrogen (secondary N) is 2. The molecule has 0 bridgehead atoms. The monoisotopic (exact) mass is 231 g/mol. The fourth-order valence-corrected chi connectivity index (χ4v) is 1.49. The van der Waals surface area contributed by atoms with E-state index in [1.54, 1.807) is 0 Å². The largest absolute Gasteiger partial charge is 0.375 e. The third-order valence-corrected chi connectivity index (χ3v) is 2.38. The number of morpholine rings is 1. The number of thiocarbonyl (C=S) groups is 1. The van der Waals surface area contributed by atoms with Gasteiger partial charge in [-0.1, -0.05) is 6.92 Å². The summed E-state index contributed by atoms with van der Waals surface area (Å²) in [7, 11) is 0. The van der Waals surface area contributed by atoms with Crippen LogP contribution in [0.25, 0.3) is 0 Å². The van der Waals surface area contributed by atoms with Crippen molar-refractivity contribution in [3.05, 3.63) is 0 Å². The maximum absolute atomic E-state index is 5.87. The Kier molecular flexibility index (Phi) is 5.34. The van der Waals surface area contributed by atoms with E-state index < -0.39 is 0 Å². The molecule has 86 valence electrons. The maximum atomic E-state index is 5.87. The molecule has 0 radical (unpaired) electrons. The summed E-state index contributed by atoms with van der Waals surface area (Å²) in [5, 5.41) is 6.62. The Hall–Kier alpha value is -0.880. The molecule has 1 rings (SSSR count). The average molecular weight is 231 g/mol. The van der Waals surface area contributed by atoms with E-state index in [4.69, 9.17) is 22.7 Å². The quantitative estimate of drug-likeness (QED) is 0.330. The molecule has 4 N–H and O–H groups in total. The van der Waals surface area contributed by atoms with E-state index in [1.165, 1.54) is 0 Å². The van der Waals surface area contributed by atoms with E-state index in [-0.39, 0.29) is 0 Å². The number of nitrogens with two attached hydrogens (primary N) is 1. The Morgan fingerprint density at radius 1 is 1.47 bits per heavy atom. The van der Waals surface area contributed by atoms with Crippen LogP contribution in [0.3, 0.4) is 0 Å². The van der Waals surface area contributed by atoms with Gasteiger partial charge in [-0.2, -0.15) is 0 Å². The fourth-order valence-electron chi connectivity index (χ4n) is 1.28. The zero-order valence-corrected chi connectivity index (χ0v) is 9.90. The highest BCUT2D eigenvalue weighted by Gasteiger charge is 2.13. The molecule has 0 aromatic rings. The van der Waals surface area contributed by atoms with Crippen molar-refractivity contribution in [2.75, 3.05) is 32.8 Å². The second-order valence-electron chi connectivity index (χ2n) is 3.37.